The van der Waals surface area contributed by atoms with Gasteiger partial charge in [0.2, 0.25) is 5.91 Å². The van der Waals surface area contributed by atoms with E-state index in [1.165, 1.54) is 0 Å². The van der Waals surface area contributed by atoms with Gasteiger partial charge >= 0.3 is 0 Å². The minimum atomic E-state index is -0.174. The van der Waals surface area contributed by atoms with Gasteiger partial charge in [-0.15, -0.1) is 0 Å². The van der Waals surface area contributed by atoms with Crippen LogP contribution >= 0.6 is 0 Å². The molecular weight excluding hydrogens is 350 g/mol. The van der Waals surface area contributed by atoms with Crippen molar-refractivity contribution in [2.45, 2.75) is 25.4 Å². The van der Waals surface area contributed by atoms with Crippen molar-refractivity contribution >= 4 is 17.5 Å². The Kier molecular flexibility index (Phi) is 7.03. The smallest absolute Gasteiger partial charge is 0.258 e. The lowest BCUT2D eigenvalue weighted by Crippen LogP contribution is -2.54. The summed E-state index contributed by atoms with van der Waals surface area (Å²) in [5.74, 6) is 0.357. The highest BCUT2D eigenvalue weighted by Gasteiger charge is 2.34. The molecule has 2 N–H and O–H groups in total. The number of nitrogens with zero attached hydrogens (tertiary/aromatic N) is 1. The van der Waals surface area contributed by atoms with E-state index in [9.17, 15) is 9.59 Å². The van der Waals surface area contributed by atoms with Gasteiger partial charge in [-0.25, -0.2) is 0 Å². The summed E-state index contributed by atoms with van der Waals surface area (Å²) in [5.41, 5.74) is 0.704. The second-order valence-electron chi connectivity index (χ2n) is 6.64. The van der Waals surface area contributed by atoms with Crippen molar-refractivity contribution in [3.05, 3.63) is 24.3 Å². The molecule has 1 aromatic carbocycles. The molecule has 0 saturated carbocycles. The molecule has 0 radical (unpaired) electrons. The quantitative estimate of drug-likeness (QED) is 0.725. The molecule has 148 valence electrons. The molecule has 1 aromatic rings. The summed E-state index contributed by atoms with van der Waals surface area (Å²) >= 11 is 0. The number of rotatable bonds is 7. The van der Waals surface area contributed by atoms with Crippen LogP contribution in [0.25, 0.3) is 0 Å². The fourth-order valence-corrected chi connectivity index (χ4v) is 3.23. The summed E-state index contributed by atoms with van der Waals surface area (Å²) in [6.07, 6.45) is 0.425. The van der Waals surface area contributed by atoms with E-state index in [2.05, 4.69) is 15.5 Å². The predicted octanol–water partition coefficient (Wildman–Crippen LogP) is 0.630. The van der Waals surface area contributed by atoms with Crippen LogP contribution in [0, 0.1) is 0 Å². The number of hydrogen-bond acceptors (Lipinski definition) is 6. The lowest BCUT2D eigenvalue weighted by atomic mass is 10.1. The van der Waals surface area contributed by atoms with Gasteiger partial charge in [0.25, 0.3) is 5.91 Å². The monoisotopic (exact) mass is 377 g/mol. The van der Waals surface area contributed by atoms with Crippen LogP contribution in [0.2, 0.25) is 0 Å². The lowest BCUT2D eigenvalue weighted by molar-refractivity contribution is -0.124. The number of nitrogens with one attached hydrogen (secondary N) is 2. The second-order valence-corrected chi connectivity index (χ2v) is 6.64. The average molecular weight is 377 g/mol. The zero-order valence-electron chi connectivity index (χ0n) is 15.6. The summed E-state index contributed by atoms with van der Waals surface area (Å²) in [5, 5.41) is 5.78. The van der Waals surface area contributed by atoms with Crippen LogP contribution in [-0.4, -0.2) is 74.9 Å². The average Bonchev–Trinajstić information content (AvgIpc) is 3.16. The number of morpholine rings is 1. The van der Waals surface area contributed by atoms with Crippen molar-refractivity contribution < 1.29 is 23.8 Å². The third kappa shape index (κ3) is 5.66. The fourth-order valence-electron chi connectivity index (χ4n) is 3.23. The summed E-state index contributed by atoms with van der Waals surface area (Å²) < 4.78 is 16.5. The first-order valence-electron chi connectivity index (χ1n) is 9.37. The zero-order valence-corrected chi connectivity index (χ0v) is 15.6. The molecule has 0 bridgehead atoms. The highest BCUT2D eigenvalue weighted by Crippen LogP contribution is 2.17. The Morgan fingerprint density at radius 1 is 1.11 bits per heavy atom. The van der Waals surface area contributed by atoms with Crippen molar-refractivity contribution in [3.63, 3.8) is 0 Å². The molecule has 2 saturated heterocycles. The van der Waals surface area contributed by atoms with Crippen molar-refractivity contribution in [2.24, 2.45) is 0 Å². The molecule has 8 heteroatoms. The number of anilines is 1. The van der Waals surface area contributed by atoms with E-state index in [0.29, 0.717) is 31.1 Å². The Hall–Kier alpha value is -2.16. The maximum Gasteiger partial charge on any atom is 0.258 e. The van der Waals surface area contributed by atoms with Gasteiger partial charge in [0, 0.05) is 25.2 Å². The van der Waals surface area contributed by atoms with Gasteiger partial charge in [-0.1, -0.05) is 6.92 Å². The number of amides is 2. The predicted molar refractivity (Wildman–Crippen MR) is 99.8 cm³/mol. The van der Waals surface area contributed by atoms with Crippen LogP contribution in [-0.2, 0) is 19.1 Å². The van der Waals surface area contributed by atoms with Gasteiger partial charge in [0.05, 0.1) is 38.5 Å². The molecule has 0 unspecified atom stereocenters. The molecule has 0 spiro atoms. The number of carbonyl (C=O) groups excluding carboxylic acids is 2. The van der Waals surface area contributed by atoms with E-state index in [4.69, 9.17) is 14.2 Å². The zero-order chi connectivity index (χ0) is 19.1. The minimum absolute atomic E-state index is 0.0363. The molecule has 8 nitrogen and oxygen atoms in total. The molecule has 27 heavy (non-hydrogen) atoms. The van der Waals surface area contributed by atoms with E-state index < -0.39 is 0 Å². The maximum atomic E-state index is 12.3. The van der Waals surface area contributed by atoms with Crippen LogP contribution in [0.3, 0.4) is 0 Å². The van der Waals surface area contributed by atoms with Crippen LogP contribution in [0.1, 0.15) is 13.3 Å². The molecule has 2 aliphatic rings. The Morgan fingerprint density at radius 2 is 1.85 bits per heavy atom. The number of benzene rings is 1. The fraction of sp³-hybridized carbons (Fsp3) is 0.579. The topological polar surface area (TPSA) is 89.1 Å². The van der Waals surface area contributed by atoms with E-state index in [1.807, 2.05) is 0 Å². The molecular formula is C19H27N3O5. The van der Waals surface area contributed by atoms with E-state index >= 15 is 0 Å². The molecule has 2 aliphatic heterocycles. The molecule has 2 amide bonds. The van der Waals surface area contributed by atoms with Gasteiger partial charge < -0.3 is 24.8 Å². The number of carbonyl (C=O) groups is 2. The van der Waals surface area contributed by atoms with Gasteiger partial charge in [-0.3, -0.25) is 14.5 Å². The standard InChI is InChI=1S/C19H27N3O5/c1-2-18(23)20-14-3-5-15(6-4-14)27-13-19(24)21-16-11-26-12-17(16)22-7-9-25-10-8-22/h3-6,16-17H,2,7-13H2,1H3,(H,20,23)(H,21,24)/t16-,17-/m0/s1. The van der Waals surface area contributed by atoms with Crippen molar-refractivity contribution in [3.8, 4) is 5.75 Å². The van der Waals surface area contributed by atoms with Crippen LogP contribution in [0.4, 0.5) is 5.69 Å². The molecule has 2 fully saturated rings. The Bertz CT molecular complexity index is 631. The highest BCUT2D eigenvalue weighted by atomic mass is 16.5. The molecule has 2 heterocycles. The van der Waals surface area contributed by atoms with E-state index in [-0.39, 0.29) is 30.5 Å². The molecule has 0 aromatic heterocycles. The lowest BCUT2D eigenvalue weighted by Gasteiger charge is -2.34. The number of hydrogen-bond donors (Lipinski definition) is 2. The molecule has 2 atom stereocenters. The molecule has 0 aliphatic carbocycles. The second kappa shape index (κ2) is 9.68. The SMILES string of the molecule is CCC(=O)Nc1ccc(OCC(=O)N[C@H]2COC[C@@H]2N2CCOCC2)cc1. The summed E-state index contributed by atoms with van der Waals surface area (Å²) in [6.45, 7) is 6.02. The normalized spacial score (nSPS) is 23.0. The van der Waals surface area contributed by atoms with Gasteiger partial charge in [-0.2, -0.15) is 0 Å². The first-order chi connectivity index (χ1) is 13.2. The summed E-state index contributed by atoms with van der Waals surface area (Å²) in [7, 11) is 0. The van der Waals surface area contributed by atoms with Gasteiger partial charge in [0.15, 0.2) is 6.61 Å². The minimum Gasteiger partial charge on any atom is -0.484 e. The van der Waals surface area contributed by atoms with E-state index in [0.717, 1.165) is 26.3 Å². The molecule has 3 rings (SSSR count). The van der Waals surface area contributed by atoms with Gasteiger partial charge in [-0.05, 0) is 24.3 Å². The maximum absolute atomic E-state index is 12.3. The van der Waals surface area contributed by atoms with Crippen LogP contribution in [0.5, 0.6) is 5.75 Å². The summed E-state index contributed by atoms with van der Waals surface area (Å²) in [4.78, 5) is 25.9. The highest BCUT2D eigenvalue weighted by molar-refractivity contribution is 5.90. The largest absolute Gasteiger partial charge is 0.484 e. The van der Waals surface area contributed by atoms with Crippen LogP contribution < -0.4 is 15.4 Å². The first kappa shape index (κ1) is 19.6. The Balaban J connectivity index is 1.44. The summed E-state index contributed by atoms with van der Waals surface area (Å²) in [6, 6.07) is 7.10. The first-order valence-corrected chi connectivity index (χ1v) is 9.37. The Labute approximate surface area is 159 Å². The Morgan fingerprint density at radius 3 is 2.56 bits per heavy atom. The third-order valence-electron chi connectivity index (χ3n) is 4.74. The van der Waals surface area contributed by atoms with Crippen LogP contribution in [0.15, 0.2) is 24.3 Å². The van der Waals surface area contributed by atoms with Crippen molar-refractivity contribution in [2.75, 3.05) is 51.4 Å². The van der Waals surface area contributed by atoms with Crippen molar-refractivity contribution in [1.29, 1.82) is 0 Å². The van der Waals surface area contributed by atoms with Gasteiger partial charge in [0.1, 0.15) is 5.75 Å². The van der Waals surface area contributed by atoms with E-state index in [1.54, 1.807) is 31.2 Å². The third-order valence-corrected chi connectivity index (χ3v) is 4.74. The van der Waals surface area contributed by atoms with Crippen molar-refractivity contribution in [1.82, 2.24) is 10.2 Å². The number of ether oxygens (including phenoxy) is 3.